The highest BCUT2D eigenvalue weighted by molar-refractivity contribution is 9.08. The highest BCUT2D eigenvalue weighted by atomic mass is 79.9. The number of rotatable bonds is 6. The molecule has 7 heteroatoms. The highest BCUT2D eigenvalue weighted by Gasteiger charge is 2.31. The smallest absolute Gasteiger partial charge is 0.208 e. The quantitative estimate of drug-likeness (QED) is 0.564. The second-order valence-corrected chi connectivity index (χ2v) is 7.77. The van der Waals surface area contributed by atoms with Crippen molar-refractivity contribution in [3.05, 3.63) is 40.0 Å². The van der Waals surface area contributed by atoms with Gasteiger partial charge in [0.05, 0.1) is 10.4 Å². The second-order valence-electron chi connectivity index (χ2n) is 6.30. The molecular formula is C17H20BrN3O2S. The summed E-state index contributed by atoms with van der Waals surface area (Å²) in [5.41, 5.74) is 1.59. The number of hydrogen-bond donors (Lipinski definition) is 2. The summed E-state index contributed by atoms with van der Waals surface area (Å²) in [7, 11) is 0. The lowest BCUT2D eigenvalue weighted by Gasteiger charge is -2.15. The van der Waals surface area contributed by atoms with E-state index in [1.165, 1.54) is 17.7 Å². The van der Waals surface area contributed by atoms with Gasteiger partial charge < -0.3 is 10.4 Å². The van der Waals surface area contributed by atoms with Crippen molar-refractivity contribution in [1.82, 2.24) is 9.97 Å². The lowest BCUT2D eigenvalue weighted by molar-refractivity contribution is 0.104. The van der Waals surface area contributed by atoms with Crippen LogP contribution in [0.15, 0.2) is 24.0 Å². The molecule has 5 nitrogen and oxygen atoms in total. The fraction of sp³-hybridized carbons (Fsp3) is 0.471. The van der Waals surface area contributed by atoms with Crippen molar-refractivity contribution in [2.24, 2.45) is 11.8 Å². The van der Waals surface area contributed by atoms with Crippen LogP contribution in [-0.2, 0) is 5.33 Å². The molecular weight excluding hydrogens is 390 g/mol. The Kier molecular flexibility index (Phi) is 5.63. The Morgan fingerprint density at radius 3 is 3.00 bits per heavy atom. The van der Waals surface area contributed by atoms with Crippen molar-refractivity contribution >= 4 is 38.9 Å². The maximum Gasteiger partial charge on any atom is 0.208 e. The van der Waals surface area contributed by atoms with E-state index in [1.54, 1.807) is 6.20 Å². The molecule has 0 saturated heterocycles. The predicted molar refractivity (Wildman–Crippen MR) is 98.8 cm³/mol. The molecule has 0 bridgehead atoms. The molecule has 1 aliphatic carbocycles. The minimum atomic E-state index is -0.0555. The van der Waals surface area contributed by atoms with Crippen molar-refractivity contribution in [3.63, 3.8) is 0 Å². The Labute approximate surface area is 153 Å². The van der Waals surface area contributed by atoms with Crippen LogP contribution < -0.4 is 5.32 Å². The van der Waals surface area contributed by atoms with Gasteiger partial charge in [-0.25, -0.2) is 9.97 Å². The molecule has 24 heavy (non-hydrogen) atoms. The van der Waals surface area contributed by atoms with E-state index >= 15 is 0 Å². The first-order valence-corrected chi connectivity index (χ1v) is 9.98. The number of aliphatic hydroxyl groups is 1. The normalized spacial score (nSPS) is 23.4. The molecule has 0 amide bonds. The first kappa shape index (κ1) is 17.5. The summed E-state index contributed by atoms with van der Waals surface area (Å²) in [5, 5.41) is 15.5. The van der Waals surface area contributed by atoms with Crippen LogP contribution >= 0.6 is 27.3 Å². The van der Waals surface area contributed by atoms with Crippen LogP contribution in [0, 0.1) is 11.8 Å². The van der Waals surface area contributed by atoms with Gasteiger partial charge in [-0.1, -0.05) is 22.9 Å². The van der Waals surface area contributed by atoms with E-state index in [0.717, 1.165) is 23.7 Å². The first-order chi connectivity index (χ1) is 11.6. The lowest BCUT2D eigenvalue weighted by atomic mass is 10.00. The molecule has 0 spiro atoms. The molecule has 2 heterocycles. The van der Waals surface area contributed by atoms with Gasteiger partial charge in [0, 0.05) is 24.2 Å². The van der Waals surface area contributed by atoms with Gasteiger partial charge in [-0.05, 0) is 41.7 Å². The van der Waals surface area contributed by atoms with Crippen molar-refractivity contribution in [3.8, 4) is 0 Å². The number of thiophene rings is 1. The fourth-order valence-electron chi connectivity index (χ4n) is 3.21. The summed E-state index contributed by atoms with van der Waals surface area (Å²) in [6.07, 6.45) is 4.89. The van der Waals surface area contributed by atoms with E-state index in [0.29, 0.717) is 28.1 Å². The number of nitrogens with zero attached hydrogens (tertiary/aromatic N) is 2. The van der Waals surface area contributed by atoms with Crippen LogP contribution in [0.3, 0.4) is 0 Å². The number of aromatic nitrogens is 2. The molecule has 3 atom stereocenters. The molecule has 1 aliphatic rings. The molecule has 3 rings (SSSR count). The van der Waals surface area contributed by atoms with Crippen molar-refractivity contribution in [2.75, 3.05) is 11.9 Å². The van der Waals surface area contributed by atoms with Gasteiger partial charge in [0.2, 0.25) is 5.78 Å². The zero-order valence-electron chi connectivity index (χ0n) is 13.4. The third kappa shape index (κ3) is 3.68. The molecule has 128 valence electrons. The van der Waals surface area contributed by atoms with Gasteiger partial charge in [0.1, 0.15) is 12.1 Å². The Hall–Kier alpha value is -1.31. The second kappa shape index (κ2) is 7.72. The number of carbonyl (C=O) groups is 1. The van der Waals surface area contributed by atoms with Crippen LogP contribution in [-0.4, -0.2) is 33.5 Å². The highest BCUT2D eigenvalue weighted by Crippen LogP contribution is 2.33. The maximum atomic E-state index is 12.8. The Morgan fingerprint density at radius 1 is 1.50 bits per heavy atom. The number of alkyl halides is 1. The summed E-state index contributed by atoms with van der Waals surface area (Å²) < 4.78 is 0. The lowest BCUT2D eigenvalue weighted by Crippen LogP contribution is -2.19. The minimum Gasteiger partial charge on any atom is -0.396 e. The number of carbonyl (C=O) groups excluding carboxylic acids is 1. The molecule has 0 aliphatic heterocycles. The molecule has 2 aromatic rings. The van der Waals surface area contributed by atoms with Gasteiger partial charge in [-0.15, -0.1) is 11.3 Å². The number of anilines is 1. The number of halogens is 1. The third-order valence-electron chi connectivity index (χ3n) is 4.61. The van der Waals surface area contributed by atoms with Gasteiger partial charge in [0.25, 0.3) is 0 Å². The minimum absolute atomic E-state index is 0.0555. The molecule has 0 aromatic carbocycles. The van der Waals surface area contributed by atoms with Crippen LogP contribution in [0.2, 0.25) is 0 Å². The number of aliphatic hydroxyl groups excluding tert-OH is 1. The summed E-state index contributed by atoms with van der Waals surface area (Å²) in [5.74, 6) is 1.30. The maximum absolute atomic E-state index is 12.8. The van der Waals surface area contributed by atoms with Crippen LogP contribution in [0.1, 0.15) is 40.6 Å². The van der Waals surface area contributed by atoms with Gasteiger partial charge >= 0.3 is 0 Å². The largest absolute Gasteiger partial charge is 0.396 e. The van der Waals surface area contributed by atoms with Crippen molar-refractivity contribution in [1.29, 1.82) is 0 Å². The van der Waals surface area contributed by atoms with E-state index in [1.807, 2.05) is 11.4 Å². The Balaban J connectivity index is 1.79. The summed E-state index contributed by atoms with van der Waals surface area (Å²) in [6, 6.07) is 2.12. The number of nitrogens with one attached hydrogen (secondary N) is 1. The Morgan fingerprint density at radius 2 is 2.33 bits per heavy atom. The Bertz CT molecular complexity index is 721. The average Bonchev–Trinajstić information content (AvgIpc) is 3.21. The zero-order chi connectivity index (χ0) is 17.1. The summed E-state index contributed by atoms with van der Waals surface area (Å²) in [6.45, 7) is 2.36. The predicted octanol–water partition coefficient (Wildman–Crippen LogP) is 3.48. The fourth-order valence-corrected chi connectivity index (χ4v) is 4.61. The monoisotopic (exact) mass is 409 g/mol. The van der Waals surface area contributed by atoms with Crippen LogP contribution in [0.4, 0.5) is 5.82 Å². The molecule has 2 aromatic heterocycles. The topological polar surface area (TPSA) is 75.1 Å². The summed E-state index contributed by atoms with van der Waals surface area (Å²) in [4.78, 5) is 21.8. The first-order valence-electron chi connectivity index (χ1n) is 7.97. The standard InChI is InChI=1S/C17H20BrN3O2S/c1-10-2-13(4-12(10)7-22)21-17-14(6-19-9-20-17)16(23)15-3-11(5-18)8-24-15/h3,6,8-10,12-13,22H,2,4-5,7H2,1H3,(H,19,20,21)/t10-,12+,13-/m0/s1. The molecule has 1 fully saturated rings. The molecule has 2 N–H and O–H groups in total. The van der Waals surface area contributed by atoms with E-state index in [2.05, 4.69) is 38.1 Å². The van der Waals surface area contributed by atoms with E-state index in [9.17, 15) is 9.90 Å². The van der Waals surface area contributed by atoms with Gasteiger partial charge in [-0.3, -0.25) is 4.79 Å². The average molecular weight is 410 g/mol. The number of hydrogen-bond acceptors (Lipinski definition) is 6. The molecule has 0 unspecified atom stereocenters. The van der Waals surface area contributed by atoms with E-state index in [4.69, 9.17) is 0 Å². The van der Waals surface area contributed by atoms with Crippen LogP contribution in [0.5, 0.6) is 0 Å². The van der Waals surface area contributed by atoms with Crippen molar-refractivity contribution < 1.29 is 9.90 Å². The van der Waals surface area contributed by atoms with Gasteiger partial charge in [-0.2, -0.15) is 0 Å². The number of ketones is 1. The third-order valence-corrected chi connectivity index (χ3v) is 6.24. The molecule has 0 radical (unpaired) electrons. The summed E-state index contributed by atoms with van der Waals surface area (Å²) >= 11 is 4.84. The van der Waals surface area contributed by atoms with Gasteiger partial charge in [0.15, 0.2) is 0 Å². The van der Waals surface area contributed by atoms with Crippen molar-refractivity contribution in [2.45, 2.75) is 31.1 Å². The zero-order valence-corrected chi connectivity index (χ0v) is 15.8. The van der Waals surface area contributed by atoms with Crippen LogP contribution in [0.25, 0.3) is 0 Å². The van der Waals surface area contributed by atoms with E-state index in [-0.39, 0.29) is 18.4 Å². The SMILES string of the molecule is C[C@H]1C[C@H](Nc2ncncc2C(=O)c2cc(CBr)cs2)C[C@@H]1CO. The van der Waals surface area contributed by atoms with E-state index < -0.39 is 0 Å². The molecule has 1 saturated carbocycles.